The van der Waals surface area contributed by atoms with Crippen LogP contribution in [0.15, 0.2) is 48.8 Å². The van der Waals surface area contributed by atoms with Crippen molar-refractivity contribution in [1.82, 2.24) is 9.97 Å². The first-order chi connectivity index (χ1) is 10.1. The summed E-state index contributed by atoms with van der Waals surface area (Å²) in [4.78, 5) is 10.6. The van der Waals surface area contributed by atoms with Gasteiger partial charge in [0.25, 0.3) is 0 Å². The SMILES string of the molecule is CN(C)c1cccc(Nc2ncnc3ccc(N)cc23)c1. The van der Waals surface area contributed by atoms with Gasteiger partial charge in [-0.25, -0.2) is 9.97 Å². The summed E-state index contributed by atoms with van der Waals surface area (Å²) in [5, 5.41) is 4.25. The highest BCUT2D eigenvalue weighted by Crippen LogP contribution is 2.26. The lowest BCUT2D eigenvalue weighted by molar-refractivity contribution is 1.13. The van der Waals surface area contributed by atoms with Crippen molar-refractivity contribution in [2.45, 2.75) is 0 Å². The maximum atomic E-state index is 5.86. The molecule has 0 aliphatic heterocycles. The Morgan fingerprint density at radius 1 is 1.05 bits per heavy atom. The van der Waals surface area contributed by atoms with Crippen molar-refractivity contribution in [3.63, 3.8) is 0 Å². The largest absolute Gasteiger partial charge is 0.399 e. The standard InChI is InChI=1S/C16H17N5/c1-21(2)13-5-3-4-12(9-13)20-16-14-8-11(17)6-7-15(14)18-10-19-16/h3-10H,17H2,1-2H3,(H,18,19,20). The third-order valence-corrected chi connectivity index (χ3v) is 3.28. The molecule has 21 heavy (non-hydrogen) atoms. The van der Waals surface area contributed by atoms with E-state index >= 15 is 0 Å². The summed E-state index contributed by atoms with van der Waals surface area (Å²) in [6, 6.07) is 13.8. The molecule has 0 bridgehead atoms. The van der Waals surface area contributed by atoms with Crippen LogP contribution >= 0.6 is 0 Å². The van der Waals surface area contributed by atoms with Crippen LogP contribution in [0.1, 0.15) is 0 Å². The van der Waals surface area contributed by atoms with Crippen molar-refractivity contribution < 1.29 is 0 Å². The summed E-state index contributed by atoms with van der Waals surface area (Å²) in [7, 11) is 4.03. The second kappa shape index (κ2) is 5.28. The van der Waals surface area contributed by atoms with E-state index in [1.165, 1.54) is 0 Å². The van der Waals surface area contributed by atoms with Gasteiger partial charge in [-0.1, -0.05) is 6.07 Å². The van der Waals surface area contributed by atoms with Gasteiger partial charge < -0.3 is 16.0 Å². The number of benzene rings is 2. The summed E-state index contributed by atoms with van der Waals surface area (Å²) in [5.74, 6) is 0.753. The lowest BCUT2D eigenvalue weighted by atomic mass is 10.2. The third-order valence-electron chi connectivity index (χ3n) is 3.28. The lowest BCUT2D eigenvalue weighted by Gasteiger charge is -2.14. The van der Waals surface area contributed by atoms with Crippen LogP contribution in [-0.4, -0.2) is 24.1 Å². The van der Waals surface area contributed by atoms with E-state index in [1.807, 2.05) is 44.4 Å². The predicted octanol–water partition coefficient (Wildman–Crippen LogP) is 3.02. The van der Waals surface area contributed by atoms with E-state index < -0.39 is 0 Å². The zero-order valence-corrected chi connectivity index (χ0v) is 12.0. The molecule has 1 heterocycles. The van der Waals surface area contributed by atoms with Crippen molar-refractivity contribution in [2.75, 3.05) is 30.0 Å². The normalized spacial score (nSPS) is 10.6. The van der Waals surface area contributed by atoms with Gasteiger partial charge in [0.2, 0.25) is 0 Å². The van der Waals surface area contributed by atoms with E-state index in [1.54, 1.807) is 6.33 Å². The van der Waals surface area contributed by atoms with Crippen LogP contribution in [0.4, 0.5) is 22.9 Å². The van der Waals surface area contributed by atoms with E-state index in [9.17, 15) is 0 Å². The Bertz CT molecular complexity index is 782. The summed E-state index contributed by atoms with van der Waals surface area (Å²) in [6.07, 6.45) is 1.55. The van der Waals surface area contributed by atoms with Crippen LogP contribution in [0.2, 0.25) is 0 Å². The maximum absolute atomic E-state index is 5.86. The number of fused-ring (bicyclic) bond motifs is 1. The van der Waals surface area contributed by atoms with E-state index in [4.69, 9.17) is 5.73 Å². The number of hydrogen-bond donors (Lipinski definition) is 2. The summed E-state index contributed by atoms with van der Waals surface area (Å²) in [6.45, 7) is 0. The molecule has 2 aromatic carbocycles. The molecule has 5 nitrogen and oxygen atoms in total. The van der Waals surface area contributed by atoms with Crippen molar-refractivity contribution in [2.24, 2.45) is 0 Å². The van der Waals surface area contributed by atoms with E-state index in [0.717, 1.165) is 28.1 Å². The number of nitrogen functional groups attached to an aromatic ring is 1. The second-order valence-corrected chi connectivity index (χ2v) is 5.07. The highest BCUT2D eigenvalue weighted by Gasteiger charge is 2.05. The number of anilines is 4. The van der Waals surface area contributed by atoms with Gasteiger partial charge in [-0.05, 0) is 36.4 Å². The molecular weight excluding hydrogens is 262 g/mol. The fourth-order valence-corrected chi connectivity index (χ4v) is 2.17. The molecule has 1 aromatic heterocycles. The lowest BCUT2D eigenvalue weighted by Crippen LogP contribution is -2.08. The molecule has 3 N–H and O–H groups in total. The molecule has 0 atom stereocenters. The van der Waals surface area contributed by atoms with Gasteiger partial charge in [-0.15, -0.1) is 0 Å². The van der Waals surface area contributed by atoms with Crippen molar-refractivity contribution in [1.29, 1.82) is 0 Å². The number of nitrogens with two attached hydrogens (primary N) is 1. The molecule has 5 heteroatoms. The fourth-order valence-electron chi connectivity index (χ4n) is 2.17. The average molecular weight is 279 g/mol. The summed E-state index contributed by atoms with van der Waals surface area (Å²) in [5.41, 5.74) is 9.52. The van der Waals surface area contributed by atoms with E-state index in [0.29, 0.717) is 5.69 Å². The number of rotatable bonds is 3. The summed E-state index contributed by atoms with van der Waals surface area (Å²) < 4.78 is 0. The number of nitrogens with one attached hydrogen (secondary N) is 1. The third kappa shape index (κ3) is 2.72. The van der Waals surface area contributed by atoms with Crippen molar-refractivity contribution in [3.05, 3.63) is 48.8 Å². The van der Waals surface area contributed by atoms with Gasteiger partial charge in [0, 0.05) is 36.5 Å². The zero-order valence-electron chi connectivity index (χ0n) is 12.0. The van der Waals surface area contributed by atoms with Crippen molar-refractivity contribution in [3.8, 4) is 0 Å². The van der Waals surface area contributed by atoms with E-state index in [-0.39, 0.29) is 0 Å². The number of hydrogen-bond acceptors (Lipinski definition) is 5. The van der Waals surface area contributed by atoms with Crippen LogP contribution in [0, 0.1) is 0 Å². The first kappa shape index (κ1) is 13.2. The first-order valence-electron chi connectivity index (χ1n) is 6.68. The molecular formula is C16H17N5. The minimum atomic E-state index is 0.697. The van der Waals surface area contributed by atoms with E-state index in [2.05, 4.69) is 32.3 Å². The Morgan fingerprint density at radius 2 is 1.90 bits per heavy atom. The predicted molar refractivity (Wildman–Crippen MR) is 88.0 cm³/mol. The minimum absolute atomic E-state index is 0.697. The molecule has 0 spiro atoms. The first-order valence-corrected chi connectivity index (χ1v) is 6.68. The molecule has 106 valence electrons. The molecule has 3 aromatic rings. The Morgan fingerprint density at radius 3 is 2.71 bits per heavy atom. The number of aromatic nitrogens is 2. The Balaban J connectivity index is 2.02. The fraction of sp³-hybridized carbons (Fsp3) is 0.125. The van der Waals surface area contributed by atoms with Crippen LogP contribution in [0.5, 0.6) is 0 Å². The Kier molecular flexibility index (Phi) is 3.31. The number of nitrogens with zero attached hydrogens (tertiary/aromatic N) is 3. The zero-order chi connectivity index (χ0) is 14.8. The molecule has 0 unspecified atom stereocenters. The molecule has 0 aliphatic carbocycles. The van der Waals surface area contributed by atoms with Crippen molar-refractivity contribution >= 4 is 33.8 Å². The van der Waals surface area contributed by atoms with Crippen LogP contribution in [0.3, 0.4) is 0 Å². The minimum Gasteiger partial charge on any atom is -0.399 e. The second-order valence-electron chi connectivity index (χ2n) is 5.07. The molecule has 0 saturated carbocycles. The topological polar surface area (TPSA) is 67.1 Å². The van der Waals surface area contributed by atoms with Gasteiger partial charge in [0.15, 0.2) is 0 Å². The Labute approximate surface area is 123 Å². The molecule has 3 rings (SSSR count). The highest BCUT2D eigenvalue weighted by molar-refractivity contribution is 5.92. The maximum Gasteiger partial charge on any atom is 0.141 e. The smallest absolute Gasteiger partial charge is 0.141 e. The molecule has 0 saturated heterocycles. The molecule has 0 amide bonds. The summed E-state index contributed by atoms with van der Waals surface area (Å²) >= 11 is 0. The average Bonchev–Trinajstić information content (AvgIpc) is 2.48. The molecule has 0 fully saturated rings. The van der Waals surface area contributed by atoms with Gasteiger partial charge in [-0.3, -0.25) is 0 Å². The Hall–Kier alpha value is -2.82. The molecule has 0 aliphatic rings. The quantitative estimate of drug-likeness (QED) is 0.721. The van der Waals surface area contributed by atoms with Gasteiger partial charge in [0.05, 0.1) is 5.52 Å². The van der Waals surface area contributed by atoms with Gasteiger partial charge >= 0.3 is 0 Å². The van der Waals surface area contributed by atoms with Crippen LogP contribution in [0.25, 0.3) is 10.9 Å². The monoisotopic (exact) mass is 279 g/mol. The van der Waals surface area contributed by atoms with Crippen LogP contribution in [-0.2, 0) is 0 Å². The van der Waals surface area contributed by atoms with Gasteiger partial charge in [0.1, 0.15) is 12.1 Å². The van der Waals surface area contributed by atoms with Crippen LogP contribution < -0.4 is 16.0 Å². The van der Waals surface area contributed by atoms with Gasteiger partial charge in [-0.2, -0.15) is 0 Å². The molecule has 0 radical (unpaired) electrons. The highest BCUT2D eigenvalue weighted by atomic mass is 15.1.